The van der Waals surface area contributed by atoms with E-state index in [9.17, 15) is 4.79 Å². The third-order valence-corrected chi connectivity index (χ3v) is 3.46. The van der Waals surface area contributed by atoms with Crippen molar-refractivity contribution in [2.75, 3.05) is 6.54 Å². The molecule has 0 heterocycles. The van der Waals surface area contributed by atoms with Crippen LogP contribution in [0, 0.1) is 17.3 Å². The standard InChI is InChI=1S/C12H24N2O.ClH/c1-8(12(2,3)4)11(15)14-10(7-13)9-5-6-9;/h8-10H,5-7,13H2,1-4H3,(H,14,15);1H. The molecule has 1 aliphatic carbocycles. The van der Waals surface area contributed by atoms with Crippen LogP contribution in [0.4, 0.5) is 0 Å². The van der Waals surface area contributed by atoms with Gasteiger partial charge in [-0.25, -0.2) is 0 Å². The third-order valence-electron chi connectivity index (χ3n) is 3.46. The summed E-state index contributed by atoms with van der Waals surface area (Å²) < 4.78 is 0. The Labute approximate surface area is 105 Å². The summed E-state index contributed by atoms with van der Waals surface area (Å²) in [5, 5.41) is 3.07. The summed E-state index contributed by atoms with van der Waals surface area (Å²) in [5.74, 6) is 0.807. The SMILES string of the molecule is CC(C(=O)NC(CN)C1CC1)C(C)(C)C.Cl. The van der Waals surface area contributed by atoms with E-state index in [1.807, 2.05) is 6.92 Å². The number of hydrogen-bond acceptors (Lipinski definition) is 2. The van der Waals surface area contributed by atoms with Crippen LogP contribution < -0.4 is 11.1 Å². The molecule has 4 heteroatoms. The first-order valence-electron chi connectivity index (χ1n) is 5.86. The Morgan fingerprint density at radius 1 is 1.44 bits per heavy atom. The van der Waals surface area contributed by atoms with E-state index >= 15 is 0 Å². The monoisotopic (exact) mass is 248 g/mol. The second kappa shape index (κ2) is 5.87. The topological polar surface area (TPSA) is 55.1 Å². The van der Waals surface area contributed by atoms with Gasteiger partial charge in [0.05, 0.1) is 0 Å². The summed E-state index contributed by atoms with van der Waals surface area (Å²) >= 11 is 0. The number of nitrogens with one attached hydrogen (secondary N) is 1. The fourth-order valence-corrected chi connectivity index (χ4v) is 1.57. The normalized spacial score (nSPS) is 19.6. The molecule has 3 nitrogen and oxygen atoms in total. The first-order chi connectivity index (χ1) is 6.86. The van der Waals surface area contributed by atoms with Crippen LogP contribution in [0.1, 0.15) is 40.5 Å². The highest BCUT2D eigenvalue weighted by atomic mass is 35.5. The van der Waals surface area contributed by atoms with Gasteiger partial charge in [0.2, 0.25) is 5.91 Å². The van der Waals surface area contributed by atoms with Gasteiger partial charge in [0.25, 0.3) is 0 Å². The van der Waals surface area contributed by atoms with Gasteiger partial charge in [0.1, 0.15) is 0 Å². The van der Waals surface area contributed by atoms with Crippen LogP contribution in [-0.2, 0) is 4.79 Å². The molecule has 1 rings (SSSR count). The zero-order valence-corrected chi connectivity index (χ0v) is 11.6. The van der Waals surface area contributed by atoms with E-state index < -0.39 is 0 Å². The molecule has 1 saturated carbocycles. The molecule has 0 aromatic heterocycles. The Hall–Kier alpha value is -0.280. The largest absolute Gasteiger partial charge is 0.352 e. The molecule has 1 aliphatic rings. The Balaban J connectivity index is 0.00000225. The first kappa shape index (κ1) is 15.7. The molecule has 0 aromatic rings. The van der Waals surface area contributed by atoms with Crippen LogP contribution in [0.5, 0.6) is 0 Å². The molecule has 1 amide bonds. The minimum Gasteiger partial charge on any atom is -0.352 e. The van der Waals surface area contributed by atoms with Gasteiger partial charge in [0.15, 0.2) is 0 Å². The minimum absolute atomic E-state index is 0. The molecule has 1 fully saturated rings. The average Bonchev–Trinajstić information content (AvgIpc) is 2.94. The van der Waals surface area contributed by atoms with E-state index in [1.165, 1.54) is 12.8 Å². The molecule has 96 valence electrons. The number of carbonyl (C=O) groups excluding carboxylic acids is 1. The fraction of sp³-hybridized carbons (Fsp3) is 0.917. The molecule has 0 aliphatic heterocycles. The van der Waals surface area contributed by atoms with Gasteiger partial charge in [-0.1, -0.05) is 27.7 Å². The molecule has 0 aromatic carbocycles. The predicted octanol–water partition coefficient (Wildman–Crippen LogP) is 1.94. The first-order valence-corrected chi connectivity index (χ1v) is 5.86. The smallest absolute Gasteiger partial charge is 0.223 e. The van der Waals surface area contributed by atoms with E-state index in [0.29, 0.717) is 12.5 Å². The number of nitrogens with two attached hydrogens (primary N) is 1. The van der Waals surface area contributed by atoms with Gasteiger partial charge >= 0.3 is 0 Å². The number of amides is 1. The maximum Gasteiger partial charge on any atom is 0.223 e. The van der Waals surface area contributed by atoms with Gasteiger partial charge in [-0.15, -0.1) is 12.4 Å². The van der Waals surface area contributed by atoms with Gasteiger partial charge in [-0.2, -0.15) is 0 Å². The maximum atomic E-state index is 11.9. The van der Waals surface area contributed by atoms with Crippen molar-refractivity contribution in [1.82, 2.24) is 5.32 Å². The van der Waals surface area contributed by atoms with Crippen molar-refractivity contribution in [3.63, 3.8) is 0 Å². The lowest BCUT2D eigenvalue weighted by Gasteiger charge is -2.28. The summed E-state index contributed by atoms with van der Waals surface area (Å²) in [6.45, 7) is 8.81. The predicted molar refractivity (Wildman–Crippen MR) is 69.6 cm³/mol. The lowest BCUT2D eigenvalue weighted by Crippen LogP contribution is -2.46. The average molecular weight is 249 g/mol. The van der Waals surface area contributed by atoms with Crippen LogP contribution >= 0.6 is 12.4 Å². The van der Waals surface area contributed by atoms with E-state index in [1.54, 1.807) is 0 Å². The van der Waals surface area contributed by atoms with Crippen molar-refractivity contribution >= 4 is 18.3 Å². The van der Waals surface area contributed by atoms with Gasteiger partial charge in [-0.05, 0) is 24.2 Å². The molecule has 0 bridgehead atoms. The summed E-state index contributed by atoms with van der Waals surface area (Å²) in [4.78, 5) is 11.9. The zero-order chi connectivity index (χ0) is 11.6. The van der Waals surface area contributed by atoms with Crippen molar-refractivity contribution in [2.45, 2.75) is 46.6 Å². The van der Waals surface area contributed by atoms with E-state index in [0.717, 1.165) is 0 Å². The van der Waals surface area contributed by atoms with Gasteiger partial charge in [0, 0.05) is 18.5 Å². The van der Waals surface area contributed by atoms with Crippen LogP contribution in [0.3, 0.4) is 0 Å². The Morgan fingerprint density at radius 2 is 1.94 bits per heavy atom. The van der Waals surface area contributed by atoms with Crippen LogP contribution in [-0.4, -0.2) is 18.5 Å². The van der Waals surface area contributed by atoms with Crippen LogP contribution in [0.15, 0.2) is 0 Å². The number of halogens is 1. The molecule has 0 spiro atoms. The summed E-state index contributed by atoms with van der Waals surface area (Å²) in [6.07, 6.45) is 2.43. The highest BCUT2D eigenvalue weighted by molar-refractivity contribution is 5.85. The maximum absolute atomic E-state index is 11.9. The Bertz CT molecular complexity index is 234. The van der Waals surface area contributed by atoms with Crippen molar-refractivity contribution in [3.05, 3.63) is 0 Å². The molecular formula is C12H25ClN2O. The number of carbonyl (C=O) groups is 1. The molecular weight excluding hydrogens is 224 g/mol. The Morgan fingerprint density at radius 3 is 2.25 bits per heavy atom. The highest BCUT2D eigenvalue weighted by Crippen LogP contribution is 2.33. The number of rotatable bonds is 4. The van der Waals surface area contributed by atoms with E-state index in [2.05, 4.69) is 26.1 Å². The number of hydrogen-bond donors (Lipinski definition) is 2. The van der Waals surface area contributed by atoms with Crippen molar-refractivity contribution < 1.29 is 4.79 Å². The van der Waals surface area contributed by atoms with Crippen LogP contribution in [0.2, 0.25) is 0 Å². The second-order valence-electron chi connectivity index (χ2n) is 5.78. The fourth-order valence-electron chi connectivity index (χ4n) is 1.57. The van der Waals surface area contributed by atoms with Crippen molar-refractivity contribution in [2.24, 2.45) is 23.0 Å². The zero-order valence-electron chi connectivity index (χ0n) is 10.7. The van der Waals surface area contributed by atoms with Gasteiger partial charge in [-0.3, -0.25) is 4.79 Å². The lowest BCUT2D eigenvalue weighted by atomic mass is 9.81. The summed E-state index contributed by atoms with van der Waals surface area (Å²) in [6, 6.07) is 0.197. The highest BCUT2D eigenvalue weighted by Gasteiger charge is 2.34. The molecule has 0 saturated heterocycles. The molecule has 0 radical (unpaired) electrons. The summed E-state index contributed by atoms with van der Waals surface area (Å²) in [7, 11) is 0. The quantitative estimate of drug-likeness (QED) is 0.799. The molecule has 3 N–H and O–H groups in total. The third kappa shape index (κ3) is 4.30. The second-order valence-corrected chi connectivity index (χ2v) is 5.78. The summed E-state index contributed by atoms with van der Waals surface area (Å²) in [5.41, 5.74) is 5.68. The lowest BCUT2D eigenvalue weighted by molar-refractivity contribution is -0.128. The van der Waals surface area contributed by atoms with Crippen molar-refractivity contribution in [3.8, 4) is 0 Å². The van der Waals surface area contributed by atoms with Gasteiger partial charge < -0.3 is 11.1 Å². The van der Waals surface area contributed by atoms with Crippen LogP contribution in [0.25, 0.3) is 0 Å². The Kier molecular flexibility index (Phi) is 5.77. The molecule has 2 atom stereocenters. The van der Waals surface area contributed by atoms with E-state index in [-0.39, 0.29) is 35.7 Å². The minimum atomic E-state index is 0. The van der Waals surface area contributed by atoms with Crippen molar-refractivity contribution in [1.29, 1.82) is 0 Å². The molecule has 2 unspecified atom stereocenters. The molecule has 16 heavy (non-hydrogen) atoms. The van der Waals surface area contributed by atoms with E-state index in [4.69, 9.17) is 5.73 Å².